The van der Waals surface area contributed by atoms with Crippen molar-refractivity contribution in [2.75, 3.05) is 38.2 Å². The van der Waals surface area contributed by atoms with Crippen LogP contribution in [-0.2, 0) is 19.5 Å². The maximum Gasteiger partial charge on any atom is 0.123 e. The van der Waals surface area contributed by atoms with Gasteiger partial charge in [0.15, 0.2) is 0 Å². The van der Waals surface area contributed by atoms with E-state index in [1.54, 1.807) is 0 Å². The van der Waals surface area contributed by atoms with Crippen molar-refractivity contribution in [3.8, 4) is 5.75 Å². The second kappa shape index (κ2) is 11.5. The lowest BCUT2D eigenvalue weighted by Gasteiger charge is -2.30. The molecule has 2 N–H and O–H groups in total. The number of hydrogen-bond donors (Lipinski definition) is 2. The monoisotopic (exact) mass is 400 g/mol. The molecule has 3 rings (SSSR count). The number of nitrogens with zero attached hydrogens (tertiary/aromatic N) is 1. The van der Waals surface area contributed by atoms with Gasteiger partial charge in [-0.2, -0.15) is 11.8 Å². The number of para-hydroxylation sites is 1. The van der Waals surface area contributed by atoms with E-state index in [0.717, 1.165) is 43.9 Å². The van der Waals surface area contributed by atoms with Crippen LogP contribution < -0.4 is 10.1 Å². The number of β-amino-alcohol motifs (C(OH)–C–C–N with tert-alkyl or cyclic N) is 1. The summed E-state index contributed by atoms with van der Waals surface area (Å²) >= 11 is 1.88. The summed E-state index contributed by atoms with van der Waals surface area (Å²) in [5, 5.41) is 14.0. The average Bonchev–Trinajstić information content (AvgIpc) is 2.73. The minimum absolute atomic E-state index is 0.321. The fourth-order valence-electron chi connectivity index (χ4n) is 3.60. The molecule has 2 aromatic carbocycles. The molecule has 0 spiro atoms. The Balaban J connectivity index is 1.44. The third-order valence-corrected chi connectivity index (χ3v) is 5.80. The van der Waals surface area contributed by atoms with Crippen molar-refractivity contribution in [2.24, 2.45) is 0 Å². The average molecular weight is 401 g/mol. The fourth-order valence-corrected chi connectivity index (χ4v) is 4.03. The predicted molar refractivity (Wildman–Crippen MR) is 118 cm³/mol. The molecule has 5 heteroatoms. The van der Waals surface area contributed by atoms with Gasteiger partial charge in [-0.05, 0) is 48.6 Å². The molecule has 0 saturated heterocycles. The molecule has 152 valence electrons. The summed E-state index contributed by atoms with van der Waals surface area (Å²) in [6.07, 6.45) is 3.86. The van der Waals surface area contributed by atoms with Crippen LogP contribution in [0.1, 0.15) is 23.1 Å². The lowest BCUT2D eigenvalue weighted by atomic mass is 10.00. The van der Waals surface area contributed by atoms with E-state index in [0.29, 0.717) is 13.2 Å². The number of hydrogen-bond acceptors (Lipinski definition) is 5. The van der Waals surface area contributed by atoms with E-state index in [4.69, 9.17) is 4.74 Å². The third kappa shape index (κ3) is 6.52. The molecule has 0 amide bonds. The number of benzene rings is 2. The van der Waals surface area contributed by atoms with E-state index in [2.05, 4.69) is 46.8 Å². The Morgan fingerprint density at radius 1 is 1.14 bits per heavy atom. The first-order valence-electron chi connectivity index (χ1n) is 10.1. The molecule has 1 heterocycles. The maximum atomic E-state index is 10.5. The molecular formula is C23H32N2O2S. The first-order valence-corrected chi connectivity index (χ1v) is 11.5. The number of nitrogens with one attached hydrogen (secondary N) is 1. The zero-order valence-electron chi connectivity index (χ0n) is 16.8. The smallest absolute Gasteiger partial charge is 0.123 e. The van der Waals surface area contributed by atoms with Gasteiger partial charge in [0.2, 0.25) is 0 Å². The van der Waals surface area contributed by atoms with Crippen molar-refractivity contribution in [1.82, 2.24) is 10.2 Å². The van der Waals surface area contributed by atoms with Crippen LogP contribution in [0.2, 0.25) is 0 Å². The molecule has 1 aliphatic rings. The summed E-state index contributed by atoms with van der Waals surface area (Å²) < 4.78 is 5.97. The van der Waals surface area contributed by atoms with Crippen LogP contribution >= 0.6 is 11.8 Å². The predicted octanol–water partition coefficient (Wildman–Crippen LogP) is 3.33. The van der Waals surface area contributed by atoms with Crippen molar-refractivity contribution >= 4 is 11.8 Å². The zero-order valence-corrected chi connectivity index (χ0v) is 17.6. The molecule has 28 heavy (non-hydrogen) atoms. The third-order valence-electron chi connectivity index (χ3n) is 5.10. The molecule has 0 saturated carbocycles. The number of ether oxygens (including phenoxy) is 1. The molecule has 1 unspecified atom stereocenters. The summed E-state index contributed by atoms with van der Waals surface area (Å²) in [5.41, 5.74) is 3.95. The van der Waals surface area contributed by atoms with Gasteiger partial charge in [-0.25, -0.2) is 0 Å². The number of fused-ring (bicyclic) bond motifs is 1. The topological polar surface area (TPSA) is 44.7 Å². The Kier molecular flexibility index (Phi) is 8.68. The Morgan fingerprint density at radius 2 is 1.93 bits per heavy atom. The van der Waals surface area contributed by atoms with Crippen LogP contribution in [0.3, 0.4) is 0 Å². The van der Waals surface area contributed by atoms with Crippen LogP contribution in [-0.4, -0.2) is 54.4 Å². The highest BCUT2D eigenvalue weighted by Crippen LogP contribution is 2.20. The summed E-state index contributed by atoms with van der Waals surface area (Å²) in [6.45, 7) is 4.66. The Labute approximate surface area is 173 Å². The van der Waals surface area contributed by atoms with E-state index >= 15 is 0 Å². The largest absolute Gasteiger partial charge is 0.491 e. The van der Waals surface area contributed by atoms with Gasteiger partial charge in [0, 0.05) is 31.7 Å². The lowest BCUT2D eigenvalue weighted by molar-refractivity contribution is 0.0634. The Hall–Kier alpha value is -1.53. The van der Waals surface area contributed by atoms with Gasteiger partial charge in [0.1, 0.15) is 18.5 Å². The van der Waals surface area contributed by atoms with Gasteiger partial charge in [0.25, 0.3) is 0 Å². The van der Waals surface area contributed by atoms with Crippen molar-refractivity contribution < 1.29 is 9.84 Å². The number of thioether (sulfide) groups is 1. The molecule has 0 radical (unpaired) electrons. The van der Waals surface area contributed by atoms with E-state index in [1.807, 2.05) is 30.0 Å². The molecule has 0 fully saturated rings. The molecule has 4 nitrogen and oxygen atoms in total. The van der Waals surface area contributed by atoms with E-state index in [1.165, 1.54) is 23.3 Å². The SMILES string of the molecule is CSCCCNCc1ccccc1OCC(O)CN1CCc2ccccc2C1. The maximum absolute atomic E-state index is 10.5. The van der Waals surface area contributed by atoms with Crippen molar-refractivity contribution in [3.63, 3.8) is 0 Å². The Bertz CT molecular complexity index is 725. The summed E-state index contributed by atoms with van der Waals surface area (Å²) in [4.78, 5) is 2.32. The van der Waals surface area contributed by atoms with Crippen LogP contribution in [0.4, 0.5) is 0 Å². The number of aliphatic hydroxyl groups is 1. The van der Waals surface area contributed by atoms with Crippen LogP contribution in [0.25, 0.3) is 0 Å². The second-order valence-corrected chi connectivity index (χ2v) is 8.34. The van der Waals surface area contributed by atoms with E-state index in [9.17, 15) is 5.11 Å². The van der Waals surface area contributed by atoms with Crippen LogP contribution in [0.5, 0.6) is 5.75 Å². The van der Waals surface area contributed by atoms with E-state index in [-0.39, 0.29) is 0 Å². The van der Waals surface area contributed by atoms with Gasteiger partial charge in [-0.1, -0.05) is 42.5 Å². The van der Waals surface area contributed by atoms with E-state index < -0.39 is 6.10 Å². The lowest BCUT2D eigenvalue weighted by Crippen LogP contribution is -2.38. The first-order chi connectivity index (χ1) is 13.8. The van der Waals surface area contributed by atoms with Crippen molar-refractivity contribution in [2.45, 2.75) is 32.0 Å². The summed E-state index contributed by atoms with van der Waals surface area (Å²) in [6, 6.07) is 16.7. The van der Waals surface area contributed by atoms with Crippen LogP contribution in [0.15, 0.2) is 48.5 Å². The van der Waals surface area contributed by atoms with Crippen molar-refractivity contribution in [1.29, 1.82) is 0 Å². The molecule has 1 atom stereocenters. The summed E-state index contributed by atoms with van der Waals surface area (Å²) in [5.74, 6) is 2.04. The first kappa shape index (κ1) is 21.2. The highest BCUT2D eigenvalue weighted by atomic mass is 32.2. The van der Waals surface area contributed by atoms with Gasteiger partial charge < -0.3 is 15.2 Å². The Morgan fingerprint density at radius 3 is 2.79 bits per heavy atom. The molecular weight excluding hydrogens is 368 g/mol. The molecule has 2 aromatic rings. The minimum atomic E-state index is -0.493. The quantitative estimate of drug-likeness (QED) is 0.567. The highest BCUT2D eigenvalue weighted by Gasteiger charge is 2.19. The van der Waals surface area contributed by atoms with Gasteiger partial charge in [-0.15, -0.1) is 0 Å². The molecule has 0 aliphatic carbocycles. The molecule has 1 aliphatic heterocycles. The number of aliphatic hydroxyl groups excluding tert-OH is 1. The standard InChI is InChI=1S/C23H32N2O2S/c1-28-14-6-12-24-15-20-8-4-5-10-23(20)27-18-22(26)17-25-13-11-19-7-2-3-9-21(19)16-25/h2-5,7-10,22,24,26H,6,11-18H2,1H3. The van der Waals surface area contributed by atoms with Crippen molar-refractivity contribution in [3.05, 3.63) is 65.2 Å². The number of rotatable bonds is 11. The van der Waals surface area contributed by atoms with Gasteiger partial charge in [0.05, 0.1) is 0 Å². The van der Waals surface area contributed by atoms with Gasteiger partial charge >= 0.3 is 0 Å². The molecule has 0 aromatic heterocycles. The fraction of sp³-hybridized carbons (Fsp3) is 0.478. The summed E-state index contributed by atoms with van der Waals surface area (Å²) in [7, 11) is 0. The minimum Gasteiger partial charge on any atom is -0.491 e. The van der Waals surface area contributed by atoms with Gasteiger partial charge in [-0.3, -0.25) is 4.90 Å². The second-order valence-electron chi connectivity index (χ2n) is 7.35. The molecule has 0 bridgehead atoms. The highest BCUT2D eigenvalue weighted by molar-refractivity contribution is 7.98. The van der Waals surface area contributed by atoms with Crippen LogP contribution in [0, 0.1) is 0 Å². The normalized spacial score (nSPS) is 15.2. The zero-order chi connectivity index (χ0) is 19.6.